The molecule has 1 aromatic heterocycles. The van der Waals surface area contributed by atoms with Gasteiger partial charge < -0.3 is 14.9 Å². The second-order valence-corrected chi connectivity index (χ2v) is 8.55. The number of aromatic nitrogens is 2. The molecule has 7 nitrogen and oxygen atoms in total. The molecular formula is C19H30N4O3. The van der Waals surface area contributed by atoms with Crippen molar-refractivity contribution < 1.29 is 14.7 Å². The van der Waals surface area contributed by atoms with Gasteiger partial charge in [0.25, 0.3) is 0 Å². The van der Waals surface area contributed by atoms with Gasteiger partial charge in [-0.05, 0) is 25.3 Å². The van der Waals surface area contributed by atoms with Crippen LogP contribution in [0.4, 0.5) is 4.79 Å². The maximum Gasteiger partial charge on any atom is 0.331 e. The van der Waals surface area contributed by atoms with Gasteiger partial charge in [0.1, 0.15) is 0 Å². The van der Waals surface area contributed by atoms with E-state index in [9.17, 15) is 14.7 Å². The van der Waals surface area contributed by atoms with Crippen LogP contribution >= 0.6 is 0 Å². The lowest BCUT2D eigenvalue weighted by Gasteiger charge is -2.41. The number of rotatable bonds is 2. The summed E-state index contributed by atoms with van der Waals surface area (Å²) in [7, 11) is 0. The first-order valence-corrected chi connectivity index (χ1v) is 9.58. The zero-order valence-electron chi connectivity index (χ0n) is 16.1. The van der Waals surface area contributed by atoms with Crippen LogP contribution in [0.2, 0.25) is 0 Å². The Balaban J connectivity index is 1.74. The minimum Gasteiger partial charge on any atom is -0.479 e. The van der Waals surface area contributed by atoms with E-state index in [-0.39, 0.29) is 11.4 Å². The molecule has 1 N–H and O–H groups in total. The topological polar surface area (TPSA) is 78.7 Å². The van der Waals surface area contributed by atoms with E-state index in [1.807, 2.05) is 11.0 Å². The van der Waals surface area contributed by atoms with Gasteiger partial charge in [0.15, 0.2) is 5.54 Å². The van der Waals surface area contributed by atoms with Crippen LogP contribution in [0.25, 0.3) is 0 Å². The summed E-state index contributed by atoms with van der Waals surface area (Å²) in [5, 5.41) is 14.5. The number of hydrogen-bond donors (Lipinski definition) is 1. The third-order valence-corrected chi connectivity index (χ3v) is 5.68. The van der Waals surface area contributed by atoms with E-state index in [1.165, 1.54) is 6.42 Å². The molecule has 2 fully saturated rings. The smallest absolute Gasteiger partial charge is 0.331 e. The van der Waals surface area contributed by atoms with Crippen molar-refractivity contribution in [2.45, 2.75) is 63.8 Å². The zero-order valence-corrected chi connectivity index (χ0v) is 16.1. The third-order valence-electron chi connectivity index (χ3n) is 5.68. The Labute approximate surface area is 155 Å². The summed E-state index contributed by atoms with van der Waals surface area (Å²) in [5.74, 6) is -0.869. The SMILES string of the molecule is CC(C)(C)c1ccn(C2(C(=O)O)CCN(C(=O)N3CCCCC3)CC2)n1. The van der Waals surface area contributed by atoms with Crippen molar-refractivity contribution in [1.29, 1.82) is 0 Å². The van der Waals surface area contributed by atoms with Crippen LogP contribution in [0.5, 0.6) is 0 Å². The number of carboxylic acids is 1. The first kappa shape index (κ1) is 18.7. The molecule has 144 valence electrons. The number of carbonyl (C=O) groups is 2. The number of carboxylic acid groups (broad SMARTS) is 1. The van der Waals surface area contributed by atoms with Crippen LogP contribution in [-0.2, 0) is 15.7 Å². The monoisotopic (exact) mass is 362 g/mol. The molecule has 2 aliphatic heterocycles. The van der Waals surface area contributed by atoms with Gasteiger partial charge in [-0.3, -0.25) is 4.68 Å². The van der Waals surface area contributed by atoms with E-state index < -0.39 is 11.5 Å². The first-order chi connectivity index (χ1) is 12.2. The molecule has 0 spiro atoms. The molecule has 0 unspecified atom stereocenters. The lowest BCUT2D eigenvalue weighted by atomic mass is 9.87. The van der Waals surface area contributed by atoms with E-state index in [2.05, 4.69) is 25.9 Å². The number of aliphatic carboxylic acids is 1. The summed E-state index contributed by atoms with van der Waals surface area (Å²) in [4.78, 5) is 28.5. The van der Waals surface area contributed by atoms with Crippen molar-refractivity contribution in [3.05, 3.63) is 18.0 Å². The molecular weight excluding hydrogens is 332 g/mol. The lowest BCUT2D eigenvalue weighted by molar-refractivity contribution is -0.150. The van der Waals surface area contributed by atoms with Gasteiger partial charge in [0.05, 0.1) is 5.69 Å². The zero-order chi connectivity index (χ0) is 18.9. The van der Waals surface area contributed by atoms with Crippen molar-refractivity contribution in [2.75, 3.05) is 26.2 Å². The molecule has 3 heterocycles. The molecule has 0 saturated carbocycles. The summed E-state index contributed by atoms with van der Waals surface area (Å²) in [6.07, 6.45) is 5.83. The molecule has 26 heavy (non-hydrogen) atoms. The Kier molecular flexibility index (Phi) is 4.99. The van der Waals surface area contributed by atoms with Crippen molar-refractivity contribution >= 4 is 12.0 Å². The lowest BCUT2D eigenvalue weighted by Crippen LogP contribution is -2.55. The molecule has 7 heteroatoms. The minimum atomic E-state index is -1.07. The van der Waals surface area contributed by atoms with Gasteiger partial charge in [-0.15, -0.1) is 0 Å². The Hall–Kier alpha value is -2.05. The number of urea groups is 1. The Morgan fingerprint density at radius 3 is 2.12 bits per heavy atom. The Bertz CT molecular complexity index is 663. The van der Waals surface area contributed by atoms with E-state index >= 15 is 0 Å². The average Bonchev–Trinajstić information content (AvgIpc) is 3.13. The maximum absolute atomic E-state index is 12.7. The maximum atomic E-state index is 12.7. The fraction of sp³-hybridized carbons (Fsp3) is 0.737. The molecule has 0 aromatic carbocycles. The molecule has 1 aromatic rings. The average molecular weight is 362 g/mol. The third kappa shape index (κ3) is 3.44. The highest BCUT2D eigenvalue weighted by Crippen LogP contribution is 2.32. The van der Waals surface area contributed by atoms with Gasteiger partial charge >= 0.3 is 12.0 Å². The van der Waals surface area contributed by atoms with E-state index in [0.717, 1.165) is 31.6 Å². The Morgan fingerprint density at radius 2 is 1.62 bits per heavy atom. The second-order valence-electron chi connectivity index (χ2n) is 8.55. The Morgan fingerprint density at radius 1 is 1.04 bits per heavy atom. The molecule has 2 amide bonds. The minimum absolute atomic E-state index is 0.0551. The van der Waals surface area contributed by atoms with Crippen LogP contribution in [0.1, 0.15) is 58.6 Å². The molecule has 2 saturated heterocycles. The van der Waals surface area contributed by atoms with Crippen LogP contribution in [0.15, 0.2) is 12.3 Å². The molecule has 0 atom stereocenters. The predicted molar refractivity (Wildman–Crippen MR) is 98.2 cm³/mol. The normalized spacial score (nSPS) is 20.9. The van der Waals surface area contributed by atoms with Crippen LogP contribution < -0.4 is 0 Å². The number of nitrogens with zero attached hydrogens (tertiary/aromatic N) is 4. The number of piperidine rings is 2. The number of amides is 2. The number of likely N-dealkylation sites (tertiary alicyclic amines) is 2. The first-order valence-electron chi connectivity index (χ1n) is 9.58. The van der Waals surface area contributed by atoms with Crippen LogP contribution in [-0.4, -0.2) is 62.9 Å². The van der Waals surface area contributed by atoms with E-state index in [4.69, 9.17) is 0 Å². The fourth-order valence-electron chi connectivity index (χ4n) is 3.86. The highest BCUT2D eigenvalue weighted by molar-refractivity contribution is 5.78. The summed E-state index contributed by atoms with van der Waals surface area (Å²) in [6.45, 7) is 8.71. The fourth-order valence-corrected chi connectivity index (χ4v) is 3.86. The van der Waals surface area contributed by atoms with Gasteiger partial charge in [0.2, 0.25) is 0 Å². The highest BCUT2D eigenvalue weighted by atomic mass is 16.4. The van der Waals surface area contributed by atoms with Gasteiger partial charge in [-0.1, -0.05) is 20.8 Å². The second kappa shape index (κ2) is 6.93. The van der Waals surface area contributed by atoms with E-state index in [1.54, 1.807) is 15.8 Å². The van der Waals surface area contributed by atoms with Crippen molar-refractivity contribution in [2.24, 2.45) is 0 Å². The molecule has 0 bridgehead atoms. The number of hydrogen-bond acceptors (Lipinski definition) is 3. The van der Waals surface area contributed by atoms with Crippen LogP contribution in [0.3, 0.4) is 0 Å². The van der Waals surface area contributed by atoms with E-state index in [0.29, 0.717) is 25.9 Å². The molecule has 0 radical (unpaired) electrons. The molecule has 3 rings (SSSR count). The molecule has 0 aliphatic carbocycles. The largest absolute Gasteiger partial charge is 0.479 e. The van der Waals surface area contributed by atoms with Crippen LogP contribution in [0, 0.1) is 0 Å². The van der Waals surface area contributed by atoms with Gasteiger partial charge in [-0.25, -0.2) is 9.59 Å². The number of carbonyl (C=O) groups excluding carboxylic acids is 1. The van der Waals surface area contributed by atoms with Gasteiger partial charge in [0, 0.05) is 50.6 Å². The van der Waals surface area contributed by atoms with Crippen molar-refractivity contribution in [3.8, 4) is 0 Å². The standard InChI is InChI=1S/C19H30N4O3/c1-18(2,3)15-7-12-23(20-15)19(16(24)25)8-13-22(14-9-19)17(26)21-10-5-4-6-11-21/h7,12H,4-6,8-11,13-14H2,1-3H3,(H,24,25). The summed E-state index contributed by atoms with van der Waals surface area (Å²) >= 11 is 0. The quantitative estimate of drug-likeness (QED) is 0.877. The highest BCUT2D eigenvalue weighted by Gasteiger charge is 2.45. The molecule has 2 aliphatic rings. The van der Waals surface area contributed by atoms with Crippen molar-refractivity contribution in [3.63, 3.8) is 0 Å². The summed E-state index contributed by atoms with van der Waals surface area (Å²) in [5.41, 5.74) is -0.317. The van der Waals surface area contributed by atoms with Crippen molar-refractivity contribution in [1.82, 2.24) is 19.6 Å². The van der Waals surface area contributed by atoms with Gasteiger partial charge in [-0.2, -0.15) is 5.10 Å². The summed E-state index contributed by atoms with van der Waals surface area (Å²) < 4.78 is 1.61. The summed E-state index contributed by atoms with van der Waals surface area (Å²) in [6, 6.07) is 1.95. The predicted octanol–water partition coefficient (Wildman–Crippen LogP) is 2.66.